The largest absolute Gasteiger partial charge is 0.480 e. The van der Waals surface area contributed by atoms with Crippen molar-refractivity contribution in [3.63, 3.8) is 0 Å². The maximum Gasteiger partial charge on any atom is 0.329 e. The zero-order valence-corrected chi connectivity index (χ0v) is 11.5. The number of nitrogens with one attached hydrogen (secondary N) is 2. The number of anilines is 1. The molecule has 1 saturated heterocycles. The van der Waals surface area contributed by atoms with Gasteiger partial charge in [-0.05, 0) is 38.1 Å². The van der Waals surface area contributed by atoms with E-state index in [4.69, 9.17) is 0 Å². The first-order valence-electron chi connectivity index (χ1n) is 5.50. The van der Waals surface area contributed by atoms with Gasteiger partial charge in [0.1, 0.15) is 5.54 Å². The molecular formula is C12H18Cl2N2O2. The number of carbonyl (C=O) groups is 1. The zero-order valence-electron chi connectivity index (χ0n) is 9.89. The third-order valence-electron chi connectivity index (χ3n) is 3.02. The average Bonchev–Trinajstić information content (AvgIpc) is 2.31. The number of para-hydroxylation sites is 1. The normalized spacial score (nSPS) is 16.9. The van der Waals surface area contributed by atoms with E-state index < -0.39 is 11.5 Å². The first-order chi connectivity index (χ1) is 7.73. The molecule has 0 bridgehead atoms. The van der Waals surface area contributed by atoms with E-state index in [-0.39, 0.29) is 24.8 Å². The SMILES string of the molecule is Cl.Cl.O=C(O)C1(Nc2ccccc2)CCNCC1. The van der Waals surface area contributed by atoms with E-state index in [1.54, 1.807) is 0 Å². The average molecular weight is 293 g/mol. The van der Waals surface area contributed by atoms with Crippen LogP contribution in [-0.4, -0.2) is 29.7 Å². The molecule has 0 spiro atoms. The monoisotopic (exact) mass is 292 g/mol. The number of hydrogen-bond donors (Lipinski definition) is 3. The lowest BCUT2D eigenvalue weighted by atomic mass is 9.88. The van der Waals surface area contributed by atoms with Gasteiger partial charge in [0.2, 0.25) is 0 Å². The van der Waals surface area contributed by atoms with Crippen LogP contribution < -0.4 is 10.6 Å². The Hall–Kier alpha value is -0.970. The van der Waals surface area contributed by atoms with E-state index in [9.17, 15) is 9.90 Å². The number of benzene rings is 1. The van der Waals surface area contributed by atoms with Gasteiger partial charge in [-0.2, -0.15) is 0 Å². The highest BCUT2D eigenvalue weighted by Crippen LogP contribution is 2.24. The molecule has 0 unspecified atom stereocenters. The van der Waals surface area contributed by atoms with Crippen molar-refractivity contribution >= 4 is 36.5 Å². The number of rotatable bonds is 3. The van der Waals surface area contributed by atoms with Gasteiger partial charge >= 0.3 is 5.97 Å². The molecule has 0 atom stereocenters. The van der Waals surface area contributed by atoms with E-state index in [1.807, 2.05) is 30.3 Å². The Labute approximate surface area is 119 Å². The van der Waals surface area contributed by atoms with E-state index in [2.05, 4.69) is 10.6 Å². The number of carboxylic acids is 1. The molecule has 6 heteroatoms. The van der Waals surface area contributed by atoms with E-state index >= 15 is 0 Å². The summed E-state index contributed by atoms with van der Waals surface area (Å²) >= 11 is 0. The van der Waals surface area contributed by atoms with Crippen LogP contribution in [-0.2, 0) is 4.79 Å². The minimum Gasteiger partial charge on any atom is -0.480 e. The fraction of sp³-hybridized carbons (Fsp3) is 0.417. The Balaban J connectivity index is 0.00000144. The summed E-state index contributed by atoms with van der Waals surface area (Å²) in [6.07, 6.45) is 1.22. The molecule has 3 N–H and O–H groups in total. The topological polar surface area (TPSA) is 61.4 Å². The van der Waals surface area contributed by atoms with Gasteiger partial charge in [-0.1, -0.05) is 18.2 Å². The Morgan fingerprint density at radius 1 is 1.17 bits per heavy atom. The van der Waals surface area contributed by atoms with Gasteiger partial charge in [0, 0.05) is 5.69 Å². The molecule has 0 aliphatic carbocycles. The Bertz CT molecular complexity index is 368. The van der Waals surface area contributed by atoms with Gasteiger partial charge in [0.05, 0.1) is 0 Å². The van der Waals surface area contributed by atoms with Crippen molar-refractivity contribution in [2.45, 2.75) is 18.4 Å². The summed E-state index contributed by atoms with van der Waals surface area (Å²) in [7, 11) is 0. The highest BCUT2D eigenvalue weighted by atomic mass is 35.5. The molecule has 1 aliphatic rings. The van der Waals surface area contributed by atoms with Crippen LogP contribution >= 0.6 is 24.8 Å². The van der Waals surface area contributed by atoms with Gasteiger partial charge < -0.3 is 15.7 Å². The molecule has 4 nitrogen and oxygen atoms in total. The summed E-state index contributed by atoms with van der Waals surface area (Å²) in [5.74, 6) is -0.766. The Morgan fingerprint density at radius 2 is 1.72 bits per heavy atom. The molecule has 0 aromatic heterocycles. The first-order valence-corrected chi connectivity index (χ1v) is 5.50. The summed E-state index contributed by atoms with van der Waals surface area (Å²) < 4.78 is 0. The van der Waals surface area contributed by atoms with Gasteiger partial charge in [-0.25, -0.2) is 4.79 Å². The lowest BCUT2D eigenvalue weighted by molar-refractivity contribution is -0.143. The number of aliphatic carboxylic acids is 1. The maximum absolute atomic E-state index is 11.4. The standard InChI is InChI=1S/C12H16N2O2.2ClH/c15-11(16)12(6-8-13-9-7-12)14-10-4-2-1-3-5-10;;/h1-5,13-14H,6-9H2,(H,15,16);2*1H. The van der Waals surface area contributed by atoms with Crippen molar-refractivity contribution < 1.29 is 9.90 Å². The van der Waals surface area contributed by atoms with Gasteiger partial charge in [-0.15, -0.1) is 24.8 Å². The summed E-state index contributed by atoms with van der Waals surface area (Å²) in [5.41, 5.74) is 0.0545. The van der Waals surface area contributed by atoms with Crippen molar-refractivity contribution in [3.05, 3.63) is 30.3 Å². The molecule has 1 heterocycles. The maximum atomic E-state index is 11.4. The molecule has 0 saturated carbocycles. The number of hydrogen-bond acceptors (Lipinski definition) is 3. The second kappa shape index (κ2) is 7.46. The molecule has 2 rings (SSSR count). The minimum atomic E-state index is -0.813. The third kappa shape index (κ3) is 3.77. The van der Waals surface area contributed by atoms with Gasteiger partial charge in [0.15, 0.2) is 0 Å². The second-order valence-electron chi connectivity index (χ2n) is 4.13. The smallest absolute Gasteiger partial charge is 0.329 e. The molecule has 1 aromatic rings. The summed E-state index contributed by atoms with van der Waals surface area (Å²) in [6.45, 7) is 1.48. The van der Waals surface area contributed by atoms with Crippen LogP contribution in [0, 0.1) is 0 Å². The van der Waals surface area contributed by atoms with Crippen molar-refractivity contribution in [3.8, 4) is 0 Å². The molecule has 0 amide bonds. The number of piperidine rings is 1. The van der Waals surface area contributed by atoms with Crippen LogP contribution in [0.3, 0.4) is 0 Å². The quantitative estimate of drug-likeness (QED) is 0.799. The van der Waals surface area contributed by atoms with Crippen LogP contribution in [0.5, 0.6) is 0 Å². The van der Waals surface area contributed by atoms with Crippen molar-refractivity contribution in [1.29, 1.82) is 0 Å². The van der Waals surface area contributed by atoms with Crippen LogP contribution in [0.25, 0.3) is 0 Å². The highest BCUT2D eigenvalue weighted by Gasteiger charge is 2.39. The third-order valence-corrected chi connectivity index (χ3v) is 3.02. The molecular weight excluding hydrogens is 275 g/mol. The fourth-order valence-electron chi connectivity index (χ4n) is 2.04. The molecule has 1 fully saturated rings. The van der Waals surface area contributed by atoms with Gasteiger partial charge in [0.25, 0.3) is 0 Å². The number of halogens is 2. The van der Waals surface area contributed by atoms with E-state index in [1.165, 1.54) is 0 Å². The van der Waals surface area contributed by atoms with Crippen molar-refractivity contribution in [2.75, 3.05) is 18.4 Å². The zero-order chi connectivity index (χ0) is 11.4. The first kappa shape index (κ1) is 17.0. The lowest BCUT2D eigenvalue weighted by Gasteiger charge is -2.35. The fourth-order valence-corrected chi connectivity index (χ4v) is 2.04. The molecule has 102 valence electrons. The molecule has 1 aliphatic heterocycles. The van der Waals surface area contributed by atoms with Crippen LogP contribution in [0.4, 0.5) is 5.69 Å². The van der Waals surface area contributed by atoms with E-state index in [0.29, 0.717) is 12.8 Å². The van der Waals surface area contributed by atoms with Crippen molar-refractivity contribution in [1.82, 2.24) is 5.32 Å². The molecule has 1 aromatic carbocycles. The predicted octanol–water partition coefficient (Wildman–Crippen LogP) is 2.15. The van der Waals surface area contributed by atoms with Crippen LogP contribution in [0.15, 0.2) is 30.3 Å². The highest BCUT2D eigenvalue weighted by molar-refractivity contribution is 5.85. The summed E-state index contributed by atoms with van der Waals surface area (Å²) in [6, 6.07) is 9.51. The second-order valence-corrected chi connectivity index (χ2v) is 4.13. The minimum absolute atomic E-state index is 0. The van der Waals surface area contributed by atoms with E-state index in [0.717, 1.165) is 18.8 Å². The molecule has 18 heavy (non-hydrogen) atoms. The van der Waals surface area contributed by atoms with Gasteiger partial charge in [-0.3, -0.25) is 0 Å². The molecule has 0 radical (unpaired) electrons. The lowest BCUT2D eigenvalue weighted by Crippen LogP contribution is -2.53. The predicted molar refractivity (Wildman–Crippen MR) is 77.0 cm³/mol. The summed E-state index contributed by atoms with van der Waals surface area (Å²) in [5, 5.41) is 15.7. The van der Waals surface area contributed by atoms with Crippen LogP contribution in [0.1, 0.15) is 12.8 Å². The Kier molecular flexibility index (Phi) is 7.06. The van der Waals surface area contributed by atoms with Crippen LogP contribution in [0.2, 0.25) is 0 Å². The number of carboxylic acid groups (broad SMARTS) is 1. The summed E-state index contributed by atoms with van der Waals surface area (Å²) in [4.78, 5) is 11.4. The Morgan fingerprint density at radius 3 is 2.22 bits per heavy atom. The van der Waals surface area contributed by atoms with Crippen molar-refractivity contribution in [2.24, 2.45) is 0 Å².